The molecular formula is C16H34OS. The predicted molar refractivity (Wildman–Crippen MR) is 90.8 cm³/mol. The van der Waals surface area contributed by atoms with Crippen molar-refractivity contribution in [1.82, 2.24) is 0 Å². The average Bonchev–Trinajstić information content (AvgIpc) is 2.49. The third-order valence-electron chi connectivity index (χ3n) is 0.756. The second-order valence-electron chi connectivity index (χ2n) is 1.57. The van der Waals surface area contributed by atoms with Crippen LogP contribution in [-0.4, -0.2) is 6.29 Å². The van der Waals surface area contributed by atoms with E-state index in [1.54, 1.807) is 0 Å². The van der Waals surface area contributed by atoms with Gasteiger partial charge >= 0.3 is 0 Å². The van der Waals surface area contributed by atoms with Gasteiger partial charge in [-0.3, -0.25) is 0 Å². The maximum Gasteiger partial charge on any atom is 0.116 e. The molecule has 1 aromatic rings. The van der Waals surface area contributed by atoms with Gasteiger partial charge in [0.25, 0.3) is 0 Å². The molecule has 0 aliphatic heterocycles. The number of carbonyl (C=O) groups is 1. The van der Waals surface area contributed by atoms with E-state index in [2.05, 4.69) is 12.6 Å². The van der Waals surface area contributed by atoms with Crippen molar-refractivity contribution in [3.8, 4) is 0 Å². The summed E-state index contributed by atoms with van der Waals surface area (Å²) in [5.41, 5.74) is 0. The van der Waals surface area contributed by atoms with Crippen LogP contribution in [0.3, 0.4) is 0 Å². The van der Waals surface area contributed by atoms with Crippen LogP contribution in [0.5, 0.6) is 0 Å². The largest absolute Gasteiger partial charge is 0.304 e. The quantitative estimate of drug-likeness (QED) is 0.435. The van der Waals surface area contributed by atoms with Crippen molar-refractivity contribution in [2.45, 2.75) is 67.2 Å². The molecule has 1 rings (SSSR count). The Bertz CT molecular complexity index is 174. The van der Waals surface area contributed by atoms with Crippen molar-refractivity contribution < 1.29 is 4.79 Å². The second-order valence-corrected chi connectivity index (χ2v) is 2.09. The molecule has 110 valence electrons. The monoisotopic (exact) mass is 274 g/mol. The minimum Gasteiger partial charge on any atom is -0.304 e. The minimum atomic E-state index is 0.750. The molecule has 0 spiro atoms. The zero-order valence-corrected chi connectivity index (χ0v) is 14.7. The summed E-state index contributed by atoms with van der Waals surface area (Å²) in [5, 5.41) is 0. The van der Waals surface area contributed by atoms with E-state index in [0.29, 0.717) is 0 Å². The summed E-state index contributed by atoms with van der Waals surface area (Å²) in [7, 11) is 0. The lowest BCUT2D eigenvalue weighted by Gasteiger charge is -1.81. The molecule has 0 bridgehead atoms. The summed E-state index contributed by atoms with van der Waals surface area (Å²) in [4.78, 5) is 9.82. The molecular weight excluding hydrogens is 240 g/mol. The number of thiol groups is 1. The molecule has 0 heterocycles. The molecule has 0 N–H and O–H groups in total. The number of benzene rings is 1. The third kappa shape index (κ3) is 59.0. The fourth-order valence-corrected chi connectivity index (χ4v) is 0.600. The molecule has 0 saturated carbocycles. The highest BCUT2D eigenvalue weighted by Gasteiger charge is 1.73. The lowest BCUT2D eigenvalue weighted by molar-refractivity contribution is -0.106. The van der Waals surface area contributed by atoms with E-state index in [1.165, 1.54) is 6.92 Å². The number of hydrogen-bond acceptors (Lipinski definition) is 2. The maximum atomic E-state index is 8.81. The van der Waals surface area contributed by atoms with E-state index < -0.39 is 0 Å². The van der Waals surface area contributed by atoms with Crippen molar-refractivity contribution >= 4 is 18.9 Å². The smallest absolute Gasteiger partial charge is 0.116 e. The van der Waals surface area contributed by atoms with E-state index in [0.717, 1.165) is 11.2 Å². The average molecular weight is 275 g/mol. The van der Waals surface area contributed by atoms with E-state index in [9.17, 15) is 0 Å². The Hall–Kier alpha value is -0.760. The Balaban J connectivity index is -0.0000000442. The van der Waals surface area contributed by atoms with Gasteiger partial charge in [0, 0.05) is 4.90 Å². The van der Waals surface area contributed by atoms with Gasteiger partial charge in [-0.25, -0.2) is 0 Å². The molecule has 1 nitrogen and oxygen atoms in total. The first-order chi connectivity index (χ1) is 8.81. The summed E-state index contributed by atoms with van der Waals surface area (Å²) in [6.45, 7) is 17.4. The Morgan fingerprint density at radius 1 is 0.778 bits per heavy atom. The first-order valence-electron chi connectivity index (χ1n) is 6.95. The molecule has 2 heteroatoms. The maximum absolute atomic E-state index is 8.81. The lowest BCUT2D eigenvalue weighted by atomic mass is 10.4. The second kappa shape index (κ2) is 55.6. The van der Waals surface area contributed by atoms with Gasteiger partial charge in [0.05, 0.1) is 0 Å². The van der Waals surface area contributed by atoms with Gasteiger partial charge in [-0.05, 0) is 19.1 Å². The van der Waals surface area contributed by atoms with Crippen molar-refractivity contribution in [2.75, 3.05) is 0 Å². The van der Waals surface area contributed by atoms with Gasteiger partial charge in [0.2, 0.25) is 0 Å². The molecule has 0 saturated heterocycles. The van der Waals surface area contributed by atoms with Gasteiger partial charge in [-0.15, -0.1) is 12.6 Å². The van der Waals surface area contributed by atoms with Crippen LogP contribution in [0.4, 0.5) is 0 Å². The summed E-state index contributed by atoms with van der Waals surface area (Å²) in [5.74, 6) is 0. The van der Waals surface area contributed by atoms with Crippen LogP contribution >= 0.6 is 12.6 Å². The van der Waals surface area contributed by atoms with Crippen molar-refractivity contribution in [3.63, 3.8) is 0 Å². The Kier molecular flexibility index (Phi) is 93.7. The topological polar surface area (TPSA) is 17.1 Å². The molecule has 0 atom stereocenters. The normalized spacial score (nSPS) is 5.44. The van der Waals surface area contributed by atoms with E-state index in [1.807, 2.05) is 85.7 Å². The van der Waals surface area contributed by atoms with Gasteiger partial charge in [-0.2, -0.15) is 0 Å². The first kappa shape index (κ1) is 30.3. The molecule has 18 heavy (non-hydrogen) atoms. The highest BCUT2D eigenvalue weighted by Crippen LogP contribution is 2.00. The molecule has 0 fully saturated rings. The predicted octanol–water partition coefficient (Wildman–Crippen LogP) is 6.29. The lowest BCUT2D eigenvalue weighted by Crippen LogP contribution is -1.56. The van der Waals surface area contributed by atoms with Crippen LogP contribution in [0.25, 0.3) is 0 Å². The Morgan fingerprint density at radius 2 is 1.00 bits per heavy atom. The summed E-state index contributed by atoms with van der Waals surface area (Å²) >= 11 is 4.08. The molecule has 0 amide bonds. The first-order valence-corrected chi connectivity index (χ1v) is 7.39. The van der Waals surface area contributed by atoms with Gasteiger partial charge in [0.15, 0.2) is 0 Å². The molecule has 0 aliphatic carbocycles. The van der Waals surface area contributed by atoms with Crippen LogP contribution in [0, 0.1) is 0 Å². The number of aldehydes is 1. The van der Waals surface area contributed by atoms with Crippen LogP contribution in [0.15, 0.2) is 35.2 Å². The summed E-state index contributed by atoms with van der Waals surface area (Å²) in [6, 6.07) is 9.79. The van der Waals surface area contributed by atoms with Gasteiger partial charge in [-0.1, -0.05) is 73.6 Å². The van der Waals surface area contributed by atoms with Crippen LogP contribution in [-0.2, 0) is 4.79 Å². The highest BCUT2D eigenvalue weighted by atomic mass is 32.1. The summed E-state index contributed by atoms with van der Waals surface area (Å²) in [6.07, 6.45) is 0.750. The van der Waals surface area contributed by atoms with Crippen LogP contribution in [0.2, 0.25) is 0 Å². The van der Waals surface area contributed by atoms with Crippen LogP contribution < -0.4 is 0 Å². The van der Waals surface area contributed by atoms with Crippen LogP contribution in [0.1, 0.15) is 62.3 Å². The Labute approximate surface area is 121 Å². The van der Waals surface area contributed by atoms with Crippen molar-refractivity contribution in [1.29, 1.82) is 0 Å². The highest BCUT2D eigenvalue weighted by molar-refractivity contribution is 7.80. The molecule has 0 radical (unpaired) electrons. The molecule has 0 unspecified atom stereocenters. The van der Waals surface area contributed by atoms with Gasteiger partial charge in [0.1, 0.15) is 6.29 Å². The van der Waals surface area contributed by atoms with E-state index >= 15 is 0 Å². The molecule has 1 aromatic carbocycles. The number of carbonyl (C=O) groups excluding carboxylic acids is 1. The number of hydrogen-bond donors (Lipinski definition) is 1. The number of rotatable bonds is 0. The SMILES string of the molecule is CC.CC.CC.CC.CC=O.Sc1ccccc1. The molecule has 0 aliphatic rings. The molecule has 0 aromatic heterocycles. The van der Waals surface area contributed by atoms with E-state index in [-0.39, 0.29) is 0 Å². The zero-order chi connectivity index (χ0) is 15.8. The fourth-order valence-electron chi connectivity index (χ4n) is 0.428. The standard InChI is InChI=1S/C6H6S.C2H4O.4C2H6/c7-6-4-2-1-3-5-6;1-2-3;4*1-2/h1-5,7H;2H,1H3;4*1-2H3. The minimum absolute atomic E-state index is 0.750. The van der Waals surface area contributed by atoms with Gasteiger partial charge < -0.3 is 4.79 Å². The fraction of sp³-hybridized carbons (Fsp3) is 0.562. The van der Waals surface area contributed by atoms with Crippen molar-refractivity contribution in [2.24, 2.45) is 0 Å². The Morgan fingerprint density at radius 3 is 1.11 bits per heavy atom. The third-order valence-corrected chi connectivity index (χ3v) is 1.05. The van der Waals surface area contributed by atoms with Crippen molar-refractivity contribution in [3.05, 3.63) is 30.3 Å². The summed E-state index contributed by atoms with van der Waals surface area (Å²) < 4.78 is 0. The van der Waals surface area contributed by atoms with E-state index in [4.69, 9.17) is 4.79 Å². The zero-order valence-electron chi connectivity index (χ0n) is 13.8.